The Balaban J connectivity index is 5.00. The van der Waals surface area contributed by atoms with Gasteiger partial charge in [0.15, 0.2) is 0 Å². The van der Waals surface area contributed by atoms with Gasteiger partial charge in [-0.1, -0.05) is 13.3 Å². The highest BCUT2D eigenvalue weighted by Crippen LogP contribution is 2.19. The third-order valence-corrected chi connectivity index (χ3v) is 3.17. The first-order valence-corrected chi connectivity index (χ1v) is 6.79. The molecule has 0 aliphatic heterocycles. The van der Waals surface area contributed by atoms with Gasteiger partial charge in [0.1, 0.15) is 6.04 Å². The summed E-state index contributed by atoms with van der Waals surface area (Å²) in [6, 6.07) is -1.31. The van der Waals surface area contributed by atoms with Crippen molar-refractivity contribution in [3.8, 4) is 0 Å². The Morgan fingerprint density at radius 2 is 1.95 bits per heavy atom. The molecule has 0 aromatic carbocycles. The summed E-state index contributed by atoms with van der Waals surface area (Å²) in [4.78, 5) is 33.4. The second-order valence-corrected chi connectivity index (χ2v) is 4.86. The molecule has 0 amide bonds. The summed E-state index contributed by atoms with van der Waals surface area (Å²) in [5.74, 6) is -2.83. The minimum atomic E-state index is -2.17. The molecule has 0 spiro atoms. The molecular weight excluding hydrogens is 282 g/mol. The molecule has 0 saturated carbocycles. The molecule has 0 aromatic heterocycles. The fraction of sp³-hybridized carbons (Fsp3) is 0.833. The van der Waals surface area contributed by atoms with E-state index in [1.165, 1.54) is 0 Å². The van der Waals surface area contributed by atoms with E-state index in [4.69, 9.17) is 10.8 Å². The van der Waals surface area contributed by atoms with Gasteiger partial charge in [-0.25, -0.2) is 4.79 Å². The van der Waals surface area contributed by atoms with Crippen molar-refractivity contribution in [2.75, 3.05) is 6.54 Å². The summed E-state index contributed by atoms with van der Waals surface area (Å²) >= 11 is 0. The quantitative estimate of drug-likeness (QED) is 0.311. The molecule has 0 aromatic rings. The molecule has 0 saturated heterocycles. The number of hydrogen-bond acceptors (Lipinski definition) is 7. The molecule has 0 radical (unpaired) electrons. The zero-order valence-electron chi connectivity index (χ0n) is 12.0. The van der Waals surface area contributed by atoms with Crippen LogP contribution in [0, 0.1) is 4.91 Å². The fourth-order valence-corrected chi connectivity index (χ4v) is 1.81. The molecule has 21 heavy (non-hydrogen) atoms. The van der Waals surface area contributed by atoms with Crippen LogP contribution in [0.5, 0.6) is 0 Å². The summed E-state index contributed by atoms with van der Waals surface area (Å²) in [7, 11) is 0. The number of aliphatic hydroxyl groups excluding tert-OH is 1. The van der Waals surface area contributed by atoms with Crippen molar-refractivity contribution in [3.63, 3.8) is 0 Å². The van der Waals surface area contributed by atoms with Crippen molar-refractivity contribution in [2.24, 2.45) is 10.9 Å². The Morgan fingerprint density at radius 1 is 1.33 bits per heavy atom. The van der Waals surface area contributed by atoms with E-state index < -0.39 is 29.7 Å². The molecule has 6 N–H and O–H groups in total. The van der Waals surface area contributed by atoms with E-state index in [0.717, 1.165) is 0 Å². The van der Waals surface area contributed by atoms with Gasteiger partial charge in [0.25, 0.3) is 5.66 Å². The van der Waals surface area contributed by atoms with Crippen molar-refractivity contribution in [2.45, 2.75) is 56.8 Å². The number of rotatable bonds is 12. The van der Waals surface area contributed by atoms with Crippen LogP contribution in [-0.2, 0) is 9.59 Å². The highest BCUT2D eigenvalue weighted by Gasteiger charge is 2.43. The van der Waals surface area contributed by atoms with E-state index in [9.17, 15) is 24.7 Å². The van der Waals surface area contributed by atoms with Gasteiger partial charge in [-0.3, -0.25) is 10.1 Å². The Kier molecular flexibility index (Phi) is 8.67. The zero-order valence-corrected chi connectivity index (χ0v) is 12.0. The third-order valence-electron chi connectivity index (χ3n) is 3.17. The molecule has 3 atom stereocenters. The minimum Gasteiger partial charge on any atom is -0.480 e. The molecule has 0 rings (SSSR count). The zero-order chi connectivity index (χ0) is 16.5. The van der Waals surface area contributed by atoms with Gasteiger partial charge in [-0.05, 0) is 24.4 Å². The van der Waals surface area contributed by atoms with Crippen LogP contribution in [-0.4, -0.2) is 51.6 Å². The van der Waals surface area contributed by atoms with E-state index in [-0.39, 0.29) is 25.8 Å². The second-order valence-electron chi connectivity index (χ2n) is 4.86. The summed E-state index contributed by atoms with van der Waals surface area (Å²) in [6.45, 7) is 1.78. The van der Waals surface area contributed by atoms with Crippen molar-refractivity contribution in [3.05, 3.63) is 4.91 Å². The Labute approximate surface area is 122 Å². The molecule has 0 heterocycles. The SMILES string of the molecule is CCCC[C@@](N=O)(N[C@@H](CC[C@@H](O)CN)C(=O)O)C(=O)O. The van der Waals surface area contributed by atoms with Crippen molar-refractivity contribution in [1.82, 2.24) is 5.32 Å². The monoisotopic (exact) mass is 305 g/mol. The van der Waals surface area contributed by atoms with Crippen LogP contribution in [0.1, 0.15) is 39.0 Å². The van der Waals surface area contributed by atoms with Crippen LogP contribution < -0.4 is 11.1 Å². The summed E-state index contributed by atoms with van der Waals surface area (Å²) in [5, 5.41) is 32.6. The fourth-order valence-electron chi connectivity index (χ4n) is 1.81. The normalized spacial score (nSPS) is 16.7. The number of nitroso groups, excluding NO2 is 1. The van der Waals surface area contributed by atoms with Crippen LogP contribution in [0.15, 0.2) is 5.18 Å². The Bertz CT molecular complexity index is 365. The van der Waals surface area contributed by atoms with Gasteiger partial charge in [-0.15, -0.1) is 4.91 Å². The van der Waals surface area contributed by atoms with Gasteiger partial charge in [-0.2, -0.15) is 0 Å². The Morgan fingerprint density at radius 3 is 2.33 bits per heavy atom. The molecule has 0 unspecified atom stereocenters. The molecule has 0 fully saturated rings. The number of aliphatic carboxylic acids is 2. The van der Waals surface area contributed by atoms with Crippen LogP contribution in [0.3, 0.4) is 0 Å². The number of carbonyl (C=O) groups is 2. The van der Waals surface area contributed by atoms with Gasteiger partial charge >= 0.3 is 11.9 Å². The molecular formula is C12H23N3O6. The number of aliphatic hydroxyl groups is 1. The predicted octanol–water partition coefficient (Wildman–Crippen LogP) is -0.133. The van der Waals surface area contributed by atoms with Crippen molar-refractivity contribution in [1.29, 1.82) is 0 Å². The van der Waals surface area contributed by atoms with E-state index >= 15 is 0 Å². The van der Waals surface area contributed by atoms with Gasteiger partial charge < -0.3 is 21.1 Å². The molecule has 0 bridgehead atoms. The molecule has 0 aliphatic rings. The highest BCUT2D eigenvalue weighted by atomic mass is 16.4. The topological polar surface area (TPSA) is 162 Å². The number of nitrogens with one attached hydrogen (secondary N) is 1. The van der Waals surface area contributed by atoms with E-state index in [1.807, 2.05) is 6.92 Å². The number of unbranched alkanes of at least 4 members (excludes halogenated alkanes) is 1. The number of carboxylic acids is 2. The van der Waals surface area contributed by atoms with E-state index in [0.29, 0.717) is 12.8 Å². The maximum Gasteiger partial charge on any atom is 0.350 e. The lowest BCUT2D eigenvalue weighted by atomic mass is 10.00. The van der Waals surface area contributed by atoms with Crippen molar-refractivity contribution < 1.29 is 24.9 Å². The Hall–Kier alpha value is -1.58. The van der Waals surface area contributed by atoms with Gasteiger partial charge in [0.2, 0.25) is 0 Å². The average molecular weight is 305 g/mol. The van der Waals surface area contributed by atoms with Crippen LogP contribution >= 0.6 is 0 Å². The minimum absolute atomic E-state index is 0.0296. The molecule has 122 valence electrons. The molecule has 9 nitrogen and oxygen atoms in total. The molecule has 0 aliphatic carbocycles. The first kappa shape index (κ1) is 19.4. The largest absolute Gasteiger partial charge is 0.480 e. The number of nitrogens with zero attached hydrogens (tertiary/aromatic N) is 1. The lowest BCUT2D eigenvalue weighted by Gasteiger charge is -2.27. The highest BCUT2D eigenvalue weighted by molar-refractivity contribution is 5.80. The first-order valence-electron chi connectivity index (χ1n) is 6.79. The maximum atomic E-state index is 11.3. The first-order chi connectivity index (χ1) is 9.82. The van der Waals surface area contributed by atoms with Crippen LogP contribution in [0.4, 0.5) is 0 Å². The van der Waals surface area contributed by atoms with Gasteiger partial charge in [0.05, 0.1) is 6.10 Å². The smallest absolute Gasteiger partial charge is 0.350 e. The van der Waals surface area contributed by atoms with Crippen LogP contribution in [0.25, 0.3) is 0 Å². The second kappa shape index (κ2) is 9.37. The number of hydrogen-bond donors (Lipinski definition) is 5. The molecule has 9 heteroatoms. The summed E-state index contributed by atoms with van der Waals surface area (Å²) < 4.78 is 0. The standard InChI is InChI=1S/C12H23N3O6/c1-2-3-6-12(15-21,11(19)20)14-9(10(17)18)5-4-8(16)7-13/h8-9,14,16H,2-7,13H2,1H3,(H,17,18)(H,19,20)/t8-,9+,12+/m1/s1. The van der Waals surface area contributed by atoms with Crippen molar-refractivity contribution >= 4 is 11.9 Å². The number of nitrogens with two attached hydrogens (primary N) is 1. The maximum absolute atomic E-state index is 11.3. The lowest BCUT2D eigenvalue weighted by Crippen LogP contribution is -2.56. The summed E-state index contributed by atoms with van der Waals surface area (Å²) in [5.41, 5.74) is 3.05. The van der Waals surface area contributed by atoms with Crippen LogP contribution in [0.2, 0.25) is 0 Å². The third kappa shape index (κ3) is 6.15. The van der Waals surface area contributed by atoms with Gasteiger partial charge in [0, 0.05) is 13.0 Å². The predicted molar refractivity (Wildman–Crippen MR) is 74.5 cm³/mol. The lowest BCUT2D eigenvalue weighted by molar-refractivity contribution is -0.147. The number of carboxylic acid groups (broad SMARTS) is 2. The summed E-state index contributed by atoms with van der Waals surface area (Å²) in [6.07, 6.45) is 0.0601. The van der Waals surface area contributed by atoms with E-state index in [2.05, 4.69) is 10.5 Å². The average Bonchev–Trinajstić information content (AvgIpc) is 2.45. The van der Waals surface area contributed by atoms with E-state index in [1.54, 1.807) is 0 Å².